The molecule has 12 nitrogen and oxygen atoms in total. The lowest BCUT2D eigenvalue weighted by atomic mass is 9.80. The molecule has 2 heterocycles. The van der Waals surface area contributed by atoms with Gasteiger partial charge in [-0.2, -0.15) is 4.57 Å². The maximum atomic E-state index is 13.9. The number of hydrogen-bond acceptors (Lipinski definition) is 10. The molecule has 274 valence electrons. The molecule has 1 fully saturated rings. The molecule has 1 aliphatic rings. The molecule has 6 rings (SSSR count). The van der Waals surface area contributed by atoms with Gasteiger partial charge in [0.15, 0.2) is 0 Å². The van der Waals surface area contributed by atoms with E-state index < -0.39 is 47.2 Å². The summed E-state index contributed by atoms with van der Waals surface area (Å²) in [4.78, 5) is 53.1. The van der Waals surface area contributed by atoms with Gasteiger partial charge in [0.2, 0.25) is 0 Å². The minimum absolute atomic E-state index is 0.0469. The van der Waals surface area contributed by atoms with Gasteiger partial charge in [0.1, 0.15) is 41.3 Å². The highest BCUT2D eigenvalue weighted by Gasteiger charge is 2.44. The second-order valence-electron chi connectivity index (χ2n) is 12.5. The van der Waals surface area contributed by atoms with Crippen molar-refractivity contribution in [1.82, 2.24) is 9.13 Å². The lowest BCUT2D eigenvalue weighted by Gasteiger charge is -2.37. The molecule has 3 atom stereocenters. The van der Waals surface area contributed by atoms with Gasteiger partial charge in [-0.3, -0.25) is 19.0 Å². The van der Waals surface area contributed by atoms with Crippen molar-refractivity contribution in [1.29, 1.82) is 0 Å². The third kappa shape index (κ3) is 7.37. The fraction of sp³-hybridized carbons (Fsp3) is 0.268. The van der Waals surface area contributed by atoms with Crippen molar-refractivity contribution in [2.45, 2.75) is 44.3 Å². The van der Waals surface area contributed by atoms with Gasteiger partial charge in [-0.1, -0.05) is 54.6 Å². The third-order valence-corrected chi connectivity index (χ3v) is 9.27. The van der Waals surface area contributed by atoms with Crippen molar-refractivity contribution < 1.29 is 38.0 Å². The number of carbonyl (C=O) groups excluding carboxylic acids is 2. The van der Waals surface area contributed by atoms with Crippen LogP contribution >= 0.6 is 0 Å². The summed E-state index contributed by atoms with van der Waals surface area (Å²) in [7, 11) is 4.68. The number of methoxy groups -OCH3 is 3. The second-order valence-corrected chi connectivity index (χ2v) is 12.5. The zero-order valence-electron chi connectivity index (χ0n) is 30.0. The van der Waals surface area contributed by atoms with Crippen molar-refractivity contribution in [2.24, 2.45) is 0 Å². The summed E-state index contributed by atoms with van der Waals surface area (Å²) in [5.74, 6) is 0.480. The van der Waals surface area contributed by atoms with Gasteiger partial charge in [0.25, 0.3) is 11.5 Å². The van der Waals surface area contributed by atoms with Crippen LogP contribution in [-0.4, -0.2) is 61.2 Å². The molecular formula is C41H40N2O10. The van der Waals surface area contributed by atoms with E-state index >= 15 is 0 Å². The van der Waals surface area contributed by atoms with E-state index in [0.717, 1.165) is 16.7 Å². The summed E-state index contributed by atoms with van der Waals surface area (Å²) in [5.41, 5.74) is -0.224. The van der Waals surface area contributed by atoms with Crippen LogP contribution in [-0.2, 0) is 24.6 Å². The molecule has 1 saturated heterocycles. The Hall–Kier alpha value is -5.98. The van der Waals surface area contributed by atoms with Crippen molar-refractivity contribution in [2.75, 3.05) is 27.9 Å². The number of nitrogens with zero attached hydrogens (tertiary/aromatic N) is 2. The predicted molar refractivity (Wildman–Crippen MR) is 195 cm³/mol. The number of hydrogen-bond donors (Lipinski definition) is 0. The van der Waals surface area contributed by atoms with E-state index in [1.54, 1.807) is 26.4 Å². The number of benzene rings is 4. The zero-order valence-corrected chi connectivity index (χ0v) is 30.0. The van der Waals surface area contributed by atoms with Crippen LogP contribution in [0.3, 0.4) is 0 Å². The normalized spacial score (nSPS) is 16.9. The van der Waals surface area contributed by atoms with Crippen LogP contribution in [0.1, 0.15) is 52.2 Å². The fourth-order valence-electron chi connectivity index (χ4n) is 6.59. The standard InChI is InChI=1S/C41H40N2O10/c1-26-24-42(40(47)43(38(26)45)39(46)28-11-17-32(48-3)18-12-28)37-23-35(52-27(2)44)36(53-37)25-51-41(29-9-7-6-8-10-29,30-13-19-33(49-4)20-14-30)31-15-21-34(50-5)22-16-31/h6-22,24,35-37H,23,25H2,1-5H3/t35-,36+,37-/m0/s1. The predicted octanol–water partition coefficient (Wildman–Crippen LogP) is 5.26. The van der Waals surface area contributed by atoms with Crippen molar-refractivity contribution in [3.8, 4) is 17.2 Å². The smallest absolute Gasteiger partial charge is 0.340 e. The van der Waals surface area contributed by atoms with Gasteiger partial charge in [0, 0.05) is 30.7 Å². The summed E-state index contributed by atoms with van der Waals surface area (Å²) in [6.45, 7) is 2.70. The van der Waals surface area contributed by atoms with Crippen LogP contribution in [0.2, 0.25) is 0 Å². The van der Waals surface area contributed by atoms with Crippen LogP contribution in [0.15, 0.2) is 119 Å². The van der Waals surface area contributed by atoms with Crippen LogP contribution in [0, 0.1) is 6.92 Å². The molecule has 0 aliphatic carbocycles. The van der Waals surface area contributed by atoms with E-state index in [-0.39, 0.29) is 24.2 Å². The van der Waals surface area contributed by atoms with E-state index in [9.17, 15) is 19.2 Å². The number of carbonyl (C=O) groups is 2. The number of aromatic nitrogens is 2. The van der Waals surface area contributed by atoms with E-state index in [1.807, 2.05) is 78.9 Å². The highest BCUT2D eigenvalue weighted by molar-refractivity contribution is 5.95. The first kappa shape index (κ1) is 36.8. The highest BCUT2D eigenvalue weighted by Crippen LogP contribution is 2.43. The Balaban J connectivity index is 1.39. The molecule has 1 aliphatic heterocycles. The number of ether oxygens (including phenoxy) is 6. The average molecular weight is 721 g/mol. The van der Waals surface area contributed by atoms with Gasteiger partial charge >= 0.3 is 11.7 Å². The van der Waals surface area contributed by atoms with Crippen LogP contribution < -0.4 is 25.5 Å². The fourth-order valence-corrected chi connectivity index (χ4v) is 6.59. The molecule has 12 heteroatoms. The number of aryl methyl sites for hydroxylation is 1. The Morgan fingerprint density at radius 2 is 1.26 bits per heavy atom. The molecular weight excluding hydrogens is 680 g/mol. The molecule has 53 heavy (non-hydrogen) atoms. The maximum absolute atomic E-state index is 13.9. The van der Waals surface area contributed by atoms with Crippen LogP contribution in [0.25, 0.3) is 0 Å². The quantitative estimate of drug-likeness (QED) is 0.124. The molecule has 0 amide bonds. The summed E-state index contributed by atoms with van der Waals surface area (Å²) >= 11 is 0. The summed E-state index contributed by atoms with van der Waals surface area (Å²) in [6, 6.07) is 30.8. The first-order chi connectivity index (χ1) is 25.6. The van der Waals surface area contributed by atoms with Gasteiger partial charge < -0.3 is 28.4 Å². The van der Waals surface area contributed by atoms with Gasteiger partial charge in [0.05, 0.1) is 27.9 Å². The third-order valence-electron chi connectivity index (χ3n) is 9.27. The Morgan fingerprint density at radius 3 is 1.77 bits per heavy atom. The molecule has 0 radical (unpaired) electrons. The summed E-state index contributed by atoms with van der Waals surface area (Å²) in [5, 5.41) is 0. The molecule has 1 aromatic heterocycles. The van der Waals surface area contributed by atoms with Gasteiger partial charge in [-0.25, -0.2) is 4.79 Å². The molecule has 0 spiro atoms. The molecule has 0 N–H and O–H groups in total. The zero-order chi connectivity index (χ0) is 37.7. The molecule has 0 bridgehead atoms. The van der Waals surface area contributed by atoms with E-state index in [0.29, 0.717) is 21.8 Å². The Kier molecular flexibility index (Phi) is 10.9. The van der Waals surface area contributed by atoms with E-state index in [2.05, 4.69) is 0 Å². The van der Waals surface area contributed by atoms with E-state index in [1.165, 1.54) is 43.9 Å². The lowest BCUT2D eigenvalue weighted by Crippen LogP contribution is -2.45. The first-order valence-electron chi connectivity index (χ1n) is 16.9. The van der Waals surface area contributed by atoms with Gasteiger partial charge in [-0.15, -0.1) is 0 Å². The summed E-state index contributed by atoms with van der Waals surface area (Å²) in [6.07, 6.45) is -1.33. The second kappa shape index (κ2) is 15.7. The Bertz CT molecular complexity index is 2130. The largest absolute Gasteiger partial charge is 0.497 e. The molecule has 0 saturated carbocycles. The molecule has 4 aromatic carbocycles. The van der Waals surface area contributed by atoms with E-state index in [4.69, 9.17) is 28.4 Å². The highest BCUT2D eigenvalue weighted by atomic mass is 16.6. The lowest BCUT2D eigenvalue weighted by molar-refractivity contribution is -0.153. The minimum atomic E-state index is -1.20. The Morgan fingerprint density at radius 1 is 0.755 bits per heavy atom. The number of esters is 1. The monoisotopic (exact) mass is 720 g/mol. The van der Waals surface area contributed by atoms with Crippen molar-refractivity contribution in [3.05, 3.63) is 158 Å². The average Bonchev–Trinajstić information content (AvgIpc) is 3.58. The SMILES string of the molecule is COc1ccc(C(=O)n2c(=O)c(C)cn([C@@H]3C[C@H](OC(C)=O)[C@@H](COC(c4ccccc4)(c4ccc(OC)cc4)c4ccc(OC)cc4)O3)c2=O)cc1. The summed E-state index contributed by atoms with van der Waals surface area (Å²) < 4.78 is 37.1. The van der Waals surface area contributed by atoms with Crippen molar-refractivity contribution in [3.63, 3.8) is 0 Å². The first-order valence-corrected chi connectivity index (χ1v) is 16.9. The maximum Gasteiger partial charge on any atom is 0.340 e. The topological polar surface area (TPSA) is 134 Å². The molecule has 5 aromatic rings. The van der Waals surface area contributed by atoms with Crippen LogP contribution in [0.5, 0.6) is 17.2 Å². The van der Waals surface area contributed by atoms with Crippen molar-refractivity contribution >= 4 is 11.9 Å². The number of rotatable bonds is 12. The van der Waals surface area contributed by atoms with Gasteiger partial charge in [-0.05, 0) is 72.1 Å². The molecule has 0 unspecified atom stereocenters. The Labute approximate surface area is 306 Å². The minimum Gasteiger partial charge on any atom is -0.497 e. The van der Waals surface area contributed by atoms with Crippen LogP contribution in [0.4, 0.5) is 0 Å².